The summed E-state index contributed by atoms with van der Waals surface area (Å²) in [6, 6.07) is 0. The van der Waals surface area contributed by atoms with Crippen molar-refractivity contribution in [3.05, 3.63) is 11.6 Å². The highest BCUT2D eigenvalue weighted by molar-refractivity contribution is 6.17. The van der Waals surface area contributed by atoms with Crippen molar-refractivity contribution in [2.45, 2.75) is 19.8 Å². The normalized spacial score (nSPS) is 10.5. The Morgan fingerprint density at radius 2 is 2.18 bits per heavy atom. The molecule has 0 aliphatic carbocycles. The van der Waals surface area contributed by atoms with Gasteiger partial charge in [0, 0.05) is 19.3 Å². The number of nitrogens with zero attached hydrogens (tertiary/aromatic N) is 3. The number of hydrogen-bond acceptors (Lipinski definition) is 2. The van der Waals surface area contributed by atoms with E-state index in [9.17, 15) is 0 Å². The molecule has 0 N–H and O–H groups in total. The summed E-state index contributed by atoms with van der Waals surface area (Å²) in [5, 5.41) is 7.95. The van der Waals surface area contributed by atoms with E-state index in [4.69, 9.17) is 11.6 Å². The van der Waals surface area contributed by atoms with Crippen LogP contribution in [0, 0.1) is 6.92 Å². The van der Waals surface area contributed by atoms with Gasteiger partial charge in [0.2, 0.25) is 0 Å². The van der Waals surface area contributed by atoms with Crippen molar-refractivity contribution in [3.8, 4) is 0 Å². The van der Waals surface area contributed by atoms with Gasteiger partial charge in [-0.15, -0.1) is 21.8 Å². The number of halogens is 1. The Morgan fingerprint density at radius 1 is 1.45 bits per heavy atom. The lowest BCUT2D eigenvalue weighted by Gasteiger charge is -1.98. The first kappa shape index (κ1) is 8.53. The monoisotopic (exact) mass is 173 g/mol. The second-order valence-corrected chi connectivity index (χ2v) is 2.89. The van der Waals surface area contributed by atoms with Crippen LogP contribution in [0.4, 0.5) is 0 Å². The van der Waals surface area contributed by atoms with Crippen LogP contribution in [0.15, 0.2) is 0 Å². The van der Waals surface area contributed by atoms with Gasteiger partial charge in [0.05, 0.1) is 0 Å². The number of rotatable bonds is 3. The molecule has 4 heteroatoms. The number of alkyl halides is 1. The number of hydrogen-bond donors (Lipinski definition) is 0. The van der Waals surface area contributed by atoms with Gasteiger partial charge in [0.1, 0.15) is 11.6 Å². The Bertz CT molecular complexity index is 232. The van der Waals surface area contributed by atoms with Crippen LogP contribution in [-0.2, 0) is 13.5 Å². The molecular weight excluding hydrogens is 162 g/mol. The Kier molecular flexibility index (Phi) is 2.88. The quantitative estimate of drug-likeness (QED) is 0.646. The molecule has 1 aromatic heterocycles. The van der Waals surface area contributed by atoms with Crippen molar-refractivity contribution >= 4 is 11.6 Å². The Labute approximate surface area is 71.4 Å². The molecule has 0 spiro atoms. The minimum absolute atomic E-state index is 0.686. The van der Waals surface area contributed by atoms with Gasteiger partial charge in [-0.1, -0.05) is 0 Å². The van der Waals surface area contributed by atoms with Gasteiger partial charge < -0.3 is 4.57 Å². The average molecular weight is 174 g/mol. The fourth-order valence-electron chi connectivity index (χ4n) is 0.894. The Balaban J connectivity index is 2.63. The minimum atomic E-state index is 0.686. The smallest absolute Gasteiger partial charge is 0.132 e. The van der Waals surface area contributed by atoms with Gasteiger partial charge in [-0.2, -0.15) is 0 Å². The van der Waals surface area contributed by atoms with E-state index in [0.29, 0.717) is 5.88 Å². The van der Waals surface area contributed by atoms with Crippen LogP contribution in [-0.4, -0.2) is 20.6 Å². The molecule has 0 unspecified atom stereocenters. The Hall–Kier alpha value is -0.570. The summed E-state index contributed by atoms with van der Waals surface area (Å²) >= 11 is 5.55. The van der Waals surface area contributed by atoms with Gasteiger partial charge in [0.25, 0.3) is 0 Å². The summed E-state index contributed by atoms with van der Waals surface area (Å²) in [6.07, 6.45) is 1.88. The van der Waals surface area contributed by atoms with Crippen LogP contribution in [0.3, 0.4) is 0 Å². The van der Waals surface area contributed by atoms with Crippen molar-refractivity contribution in [3.63, 3.8) is 0 Å². The maximum absolute atomic E-state index is 5.55. The Morgan fingerprint density at radius 3 is 2.64 bits per heavy atom. The summed E-state index contributed by atoms with van der Waals surface area (Å²) in [4.78, 5) is 0. The lowest BCUT2D eigenvalue weighted by atomic mass is 10.3. The summed E-state index contributed by atoms with van der Waals surface area (Å²) < 4.78 is 1.99. The van der Waals surface area contributed by atoms with E-state index in [2.05, 4.69) is 10.2 Å². The first-order valence-corrected chi connectivity index (χ1v) is 4.20. The molecule has 0 aliphatic heterocycles. The molecule has 0 atom stereocenters. The summed E-state index contributed by atoms with van der Waals surface area (Å²) in [5.74, 6) is 2.66. The molecule has 0 amide bonds. The number of aryl methyl sites for hydroxylation is 2. The highest BCUT2D eigenvalue weighted by Crippen LogP contribution is 2.01. The molecule has 0 fully saturated rings. The molecule has 62 valence electrons. The van der Waals surface area contributed by atoms with Gasteiger partial charge in [0.15, 0.2) is 0 Å². The zero-order valence-electron chi connectivity index (χ0n) is 6.84. The SMILES string of the molecule is Cc1nnc(CCCCl)n1C. The lowest BCUT2D eigenvalue weighted by molar-refractivity contribution is 0.747. The molecule has 0 saturated carbocycles. The second kappa shape index (κ2) is 3.72. The second-order valence-electron chi connectivity index (χ2n) is 2.51. The zero-order chi connectivity index (χ0) is 8.27. The van der Waals surface area contributed by atoms with Gasteiger partial charge in [-0.3, -0.25) is 0 Å². The average Bonchev–Trinajstić information content (AvgIpc) is 2.31. The number of aromatic nitrogens is 3. The van der Waals surface area contributed by atoms with Crippen LogP contribution in [0.5, 0.6) is 0 Å². The van der Waals surface area contributed by atoms with Crippen molar-refractivity contribution in [1.29, 1.82) is 0 Å². The molecule has 1 heterocycles. The lowest BCUT2D eigenvalue weighted by Crippen LogP contribution is -1.99. The van der Waals surface area contributed by atoms with Crippen molar-refractivity contribution in [1.82, 2.24) is 14.8 Å². The molecule has 0 bridgehead atoms. The third-order valence-corrected chi connectivity index (χ3v) is 1.98. The fourth-order valence-corrected chi connectivity index (χ4v) is 1.03. The van der Waals surface area contributed by atoms with Crippen molar-refractivity contribution in [2.75, 3.05) is 5.88 Å². The van der Waals surface area contributed by atoms with E-state index in [0.717, 1.165) is 24.5 Å². The van der Waals surface area contributed by atoms with E-state index in [1.807, 2.05) is 18.5 Å². The van der Waals surface area contributed by atoms with Gasteiger partial charge >= 0.3 is 0 Å². The van der Waals surface area contributed by atoms with Crippen LogP contribution < -0.4 is 0 Å². The zero-order valence-corrected chi connectivity index (χ0v) is 7.60. The van der Waals surface area contributed by atoms with Crippen molar-refractivity contribution < 1.29 is 0 Å². The summed E-state index contributed by atoms with van der Waals surface area (Å²) in [7, 11) is 1.97. The maximum atomic E-state index is 5.55. The highest BCUT2D eigenvalue weighted by Gasteiger charge is 2.02. The molecule has 0 aliphatic rings. The third-order valence-electron chi connectivity index (χ3n) is 1.72. The van der Waals surface area contributed by atoms with Crippen LogP contribution >= 0.6 is 11.6 Å². The third kappa shape index (κ3) is 1.93. The molecule has 11 heavy (non-hydrogen) atoms. The fraction of sp³-hybridized carbons (Fsp3) is 0.714. The first-order chi connectivity index (χ1) is 5.25. The predicted octanol–water partition coefficient (Wildman–Crippen LogP) is 1.29. The van der Waals surface area contributed by atoms with Gasteiger partial charge in [-0.05, 0) is 13.3 Å². The molecule has 1 aromatic rings. The van der Waals surface area contributed by atoms with E-state index in [-0.39, 0.29) is 0 Å². The molecular formula is C7H12ClN3. The topological polar surface area (TPSA) is 30.7 Å². The summed E-state index contributed by atoms with van der Waals surface area (Å²) in [6.45, 7) is 1.94. The van der Waals surface area contributed by atoms with Gasteiger partial charge in [-0.25, -0.2) is 0 Å². The molecule has 0 aromatic carbocycles. The van der Waals surface area contributed by atoms with E-state index < -0.39 is 0 Å². The minimum Gasteiger partial charge on any atom is -0.318 e. The standard InChI is InChI=1S/C7H12ClN3/c1-6-9-10-7(11(6)2)4-3-5-8/h3-5H2,1-2H3. The molecule has 3 nitrogen and oxygen atoms in total. The van der Waals surface area contributed by atoms with Crippen LogP contribution in [0.2, 0.25) is 0 Å². The predicted molar refractivity (Wildman–Crippen MR) is 44.8 cm³/mol. The van der Waals surface area contributed by atoms with Crippen LogP contribution in [0.1, 0.15) is 18.1 Å². The van der Waals surface area contributed by atoms with E-state index in [1.165, 1.54) is 0 Å². The molecule has 0 radical (unpaired) electrons. The summed E-state index contributed by atoms with van der Waals surface area (Å²) in [5.41, 5.74) is 0. The van der Waals surface area contributed by atoms with Crippen LogP contribution in [0.25, 0.3) is 0 Å². The highest BCUT2D eigenvalue weighted by atomic mass is 35.5. The first-order valence-electron chi connectivity index (χ1n) is 3.66. The molecule has 0 saturated heterocycles. The largest absolute Gasteiger partial charge is 0.318 e. The van der Waals surface area contributed by atoms with Crippen molar-refractivity contribution in [2.24, 2.45) is 7.05 Å². The molecule has 1 rings (SSSR count). The van der Waals surface area contributed by atoms with E-state index in [1.54, 1.807) is 0 Å². The maximum Gasteiger partial charge on any atom is 0.132 e. The van der Waals surface area contributed by atoms with E-state index >= 15 is 0 Å².